The SMILES string of the molecule is CC(=O)N1CC2(CC[C@H]([C@@H]3c4ccccc4-c4cncn43)[C@H]2O)C1. The molecule has 5 heteroatoms. The first-order valence-corrected chi connectivity index (χ1v) is 8.65. The summed E-state index contributed by atoms with van der Waals surface area (Å²) in [4.78, 5) is 17.7. The van der Waals surface area contributed by atoms with Crippen molar-refractivity contribution in [2.24, 2.45) is 11.3 Å². The predicted octanol–water partition coefficient (Wildman–Crippen LogP) is 2.07. The molecule has 1 aliphatic carbocycles. The van der Waals surface area contributed by atoms with Crippen LogP contribution in [0.25, 0.3) is 11.3 Å². The molecule has 3 atom stereocenters. The second-order valence-electron chi connectivity index (χ2n) is 7.60. The summed E-state index contributed by atoms with van der Waals surface area (Å²) in [5.74, 6) is 0.287. The van der Waals surface area contributed by atoms with E-state index in [0.717, 1.165) is 18.5 Å². The quantitative estimate of drug-likeness (QED) is 0.874. The van der Waals surface area contributed by atoms with Crippen molar-refractivity contribution >= 4 is 5.91 Å². The zero-order valence-electron chi connectivity index (χ0n) is 13.7. The van der Waals surface area contributed by atoms with Crippen LogP contribution < -0.4 is 0 Å². The zero-order chi connectivity index (χ0) is 16.5. The Morgan fingerprint density at radius 1 is 1.33 bits per heavy atom. The Hall–Kier alpha value is -2.14. The molecule has 1 spiro atoms. The van der Waals surface area contributed by atoms with Crippen molar-refractivity contribution in [3.05, 3.63) is 42.4 Å². The fourth-order valence-electron chi connectivity index (χ4n) is 5.14. The van der Waals surface area contributed by atoms with E-state index in [1.165, 1.54) is 11.1 Å². The average Bonchev–Trinajstić information content (AvgIpc) is 3.18. The minimum atomic E-state index is -0.375. The van der Waals surface area contributed by atoms with E-state index >= 15 is 0 Å². The molecule has 2 aromatic rings. The number of benzene rings is 1. The van der Waals surface area contributed by atoms with Crippen molar-refractivity contribution in [2.75, 3.05) is 13.1 Å². The first-order chi connectivity index (χ1) is 11.6. The fraction of sp³-hybridized carbons (Fsp3) is 0.474. The molecule has 3 heterocycles. The van der Waals surface area contributed by atoms with E-state index in [9.17, 15) is 9.90 Å². The Labute approximate surface area is 140 Å². The highest BCUT2D eigenvalue weighted by Crippen LogP contribution is 2.55. The Morgan fingerprint density at radius 2 is 2.12 bits per heavy atom. The highest BCUT2D eigenvalue weighted by Gasteiger charge is 2.58. The Morgan fingerprint density at radius 3 is 2.92 bits per heavy atom. The molecule has 3 aliphatic rings. The van der Waals surface area contributed by atoms with Crippen LogP contribution in [-0.4, -0.2) is 44.7 Å². The van der Waals surface area contributed by atoms with Crippen molar-refractivity contribution in [2.45, 2.75) is 31.9 Å². The summed E-state index contributed by atoms with van der Waals surface area (Å²) in [5, 5.41) is 11.1. The van der Waals surface area contributed by atoms with E-state index < -0.39 is 0 Å². The summed E-state index contributed by atoms with van der Waals surface area (Å²) >= 11 is 0. The number of hydrogen-bond acceptors (Lipinski definition) is 3. The monoisotopic (exact) mass is 323 g/mol. The average molecular weight is 323 g/mol. The van der Waals surface area contributed by atoms with E-state index in [4.69, 9.17) is 0 Å². The lowest BCUT2D eigenvalue weighted by atomic mass is 9.74. The third-order valence-electron chi connectivity index (χ3n) is 6.39. The van der Waals surface area contributed by atoms with Crippen LogP contribution in [-0.2, 0) is 4.79 Å². The van der Waals surface area contributed by atoms with E-state index in [2.05, 4.69) is 33.8 Å². The molecule has 1 amide bonds. The number of carbonyl (C=O) groups excluding carboxylic acids is 1. The van der Waals surface area contributed by atoms with Gasteiger partial charge >= 0.3 is 0 Å². The van der Waals surface area contributed by atoms with Crippen LogP contribution in [0.3, 0.4) is 0 Å². The Balaban J connectivity index is 1.49. The maximum absolute atomic E-state index is 11.5. The molecule has 1 saturated heterocycles. The maximum Gasteiger partial charge on any atom is 0.219 e. The number of amides is 1. The molecule has 1 aromatic heterocycles. The van der Waals surface area contributed by atoms with Gasteiger partial charge in [-0.2, -0.15) is 0 Å². The van der Waals surface area contributed by atoms with Gasteiger partial charge in [0.05, 0.1) is 30.4 Å². The summed E-state index contributed by atoms with van der Waals surface area (Å²) in [6.45, 7) is 3.01. The molecule has 0 radical (unpaired) electrons. The third-order valence-corrected chi connectivity index (χ3v) is 6.39. The van der Waals surface area contributed by atoms with Crippen LogP contribution in [0.15, 0.2) is 36.8 Å². The molecule has 2 aliphatic heterocycles. The van der Waals surface area contributed by atoms with Gasteiger partial charge in [0.1, 0.15) is 0 Å². The predicted molar refractivity (Wildman–Crippen MR) is 89.2 cm³/mol. The number of hydrogen-bond donors (Lipinski definition) is 1. The molecule has 5 nitrogen and oxygen atoms in total. The molecule has 5 rings (SSSR count). The number of aliphatic hydroxyl groups is 1. The van der Waals surface area contributed by atoms with E-state index in [1.807, 2.05) is 17.4 Å². The fourth-order valence-corrected chi connectivity index (χ4v) is 5.14. The summed E-state index contributed by atoms with van der Waals surface area (Å²) < 4.78 is 2.22. The Kier molecular flexibility index (Phi) is 2.78. The lowest BCUT2D eigenvalue weighted by Crippen LogP contribution is -2.62. The molecule has 1 aromatic carbocycles. The maximum atomic E-state index is 11.5. The van der Waals surface area contributed by atoms with Crippen molar-refractivity contribution in [1.82, 2.24) is 14.5 Å². The van der Waals surface area contributed by atoms with Crippen molar-refractivity contribution < 1.29 is 9.90 Å². The summed E-state index contributed by atoms with van der Waals surface area (Å²) in [7, 11) is 0. The van der Waals surface area contributed by atoms with Gasteiger partial charge in [0, 0.05) is 36.9 Å². The first-order valence-electron chi connectivity index (χ1n) is 8.65. The standard InChI is InChI=1S/C19H21N3O2/c1-12(23)21-9-19(10-21)7-6-15(18(19)24)17-14-5-3-2-4-13(14)16-8-20-11-22(16)17/h2-5,8,11,15,17-18,24H,6-7,9-10H2,1H3/t15-,17+,18-/m1/s1. The van der Waals surface area contributed by atoms with Gasteiger partial charge in [-0.25, -0.2) is 4.98 Å². The second-order valence-corrected chi connectivity index (χ2v) is 7.60. The van der Waals surface area contributed by atoms with Gasteiger partial charge in [0.2, 0.25) is 5.91 Å². The normalized spacial score (nSPS) is 29.4. The number of carbonyl (C=O) groups is 1. The molecule has 2 fully saturated rings. The molecule has 1 N–H and O–H groups in total. The largest absolute Gasteiger partial charge is 0.392 e. The number of aliphatic hydroxyl groups excluding tert-OH is 1. The van der Waals surface area contributed by atoms with Crippen LogP contribution in [0.4, 0.5) is 0 Å². The van der Waals surface area contributed by atoms with E-state index in [-0.39, 0.29) is 29.4 Å². The van der Waals surface area contributed by atoms with E-state index in [0.29, 0.717) is 13.1 Å². The van der Waals surface area contributed by atoms with Gasteiger partial charge in [0.15, 0.2) is 0 Å². The van der Waals surface area contributed by atoms with Crippen LogP contribution >= 0.6 is 0 Å². The van der Waals surface area contributed by atoms with Gasteiger partial charge < -0.3 is 14.6 Å². The highest BCUT2D eigenvalue weighted by molar-refractivity contribution is 5.74. The van der Waals surface area contributed by atoms with Gasteiger partial charge in [0.25, 0.3) is 0 Å². The minimum Gasteiger partial charge on any atom is -0.392 e. The number of nitrogens with zero attached hydrogens (tertiary/aromatic N) is 3. The molecular weight excluding hydrogens is 302 g/mol. The first kappa shape index (κ1) is 14.2. The number of rotatable bonds is 1. The van der Waals surface area contributed by atoms with Gasteiger partial charge in [-0.1, -0.05) is 24.3 Å². The topological polar surface area (TPSA) is 58.4 Å². The molecule has 124 valence electrons. The molecule has 24 heavy (non-hydrogen) atoms. The van der Waals surface area contributed by atoms with Crippen LogP contribution in [0, 0.1) is 11.3 Å². The van der Waals surface area contributed by atoms with Gasteiger partial charge in [-0.15, -0.1) is 0 Å². The highest BCUT2D eigenvalue weighted by atomic mass is 16.3. The molecular formula is C19H21N3O2. The van der Waals surface area contributed by atoms with E-state index in [1.54, 1.807) is 6.92 Å². The summed E-state index contributed by atoms with van der Waals surface area (Å²) in [6, 6.07) is 8.60. The number of likely N-dealkylation sites (tertiary alicyclic amines) is 1. The van der Waals surface area contributed by atoms with Crippen LogP contribution in [0.1, 0.15) is 31.4 Å². The number of fused-ring (bicyclic) bond motifs is 3. The smallest absolute Gasteiger partial charge is 0.219 e. The van der Waals surface area contributed by atoms with Crippen molar-refractivity contribution in [3.8, 4) is 11.3 Å². The van der Waals surface area contributed by atoms with Crippen molar-refractivity contribution in [1.29, 1.82) is 0 Å². The number of imidazole rings is 1. The molecule has 0 bridgehead atoms. The summed E-state index contributed by atoms with van der Waals surface area (Å²) in [6.07, 6.45) is 5.41. The lowest BCUT2D eigenvalue weighted by Gasteiger charge is -2.50. The van der Waals surface area contributed by atoms with Gasteiger partial charge in [-0.3, -0.25) is 4.79 Å². The number of aromatic nitrogens is 2. The van der Waals surface area contributed by atoms with Crippen LogP contribution in [0.2, 0.25) is 0 Å². The van der Waals surface area contributed by atoms with Crippen molar-refractivity contribution in [3.63, 3.8) is 0 Å². The zero-order valence-corrected chi connectivity index (χ0v) is 13.7. The minimum absolute atomic E-state index is 0.103. The Bertz CT molecular complexity index is 822. The molecule has 1 saturated carbocycles. The lowest BCUT2D eigenvalue weighted by molar-refractivity contribution is -0.149. The van der Waals surface area contributed by atoms with Gasteiger partial charge in [-0.05, 0) is 18.4 Å². The second kappa shape index (κ2) is 4.70. The molecule has 0 unspecified atom stereocenters. The summed E-state index contributed by atoms with van der Waals surface area (Å²) in [5.41, 5.74) is 3.56. The van der Waals surface area contributed by atoms with Crippen LogP contribution in [0.5, 0.6) is 0 Å². The third kappa shape index (κ3) is 1.68.